The Kier molecular flexibility index (Phi) is 11.5. The van der Waals surface area contributed by atoms with Crippen molar-refractivity contribution >= 4 is 0 Å². The van der Waals surface area contributed by atoms with Crippen molar-refractivity contribution in [3.8, 4) is 0 Å². The van der Waals surface area contributed by atoms with Gasteiger partial charge in [0.1, 0.15) is 0 Å². The maximum absolute atomic E-state index is 14.5. The Balaban J connectivity index is 1.50. The summed E-state index contributed by atoms with van der Waals surface area (Å²) in [4.78, 5) is 8.83. The molecule has 6 aliphatic rings. The summed E-state index contributed by atoms with van der Waals surface area (Å²) < 4.78 is 0. The van der Waals surface area contributed by atoms with E-state index in [1.54, 1.807) is 0 Å². The van der Waals surface area contributed by atoms with Crippen LogP contribution in [0.25, 0.3) is 0 Å². The summed E-state index contributed by atoms with van der Waals surface area (Å²) in [6.07, 6.45) is 40.5. The lowest BCUT2D eigenvalue weighted by Crippen LogP contribution is -2.80. The van der Waals surface area contributed by atoms with Crippen LogP contribution in [0.15, 0.2) is 0 Å². The second-order valence-corrected chi connectivity index (χ2v) is 15.6. The molecule has 4 heteroatoms. The molecule has 0 saturated heterocycles. The van der Waals surface area contributed by atoms with Gasteiger partial charge in [0.05, 0.1) is 0 Å². The summed E-state index contributed by atoms with van der Waals surface area (Å²) in [5.74, 6) is -0.905. The first kappa shape index (κ1) is 30.8. The van der Waals surface area contributed by atoms with Crippen molar-refractivity contribution in [3.05, 3.63) is 0 Å². The van der Waals surface area contributed by atoms with Crippen LogP contribution in [0.1, 0.15) is 193 Å². The lowest BCUT2D eigenvalue weighted by Gasteiger charge is -2.65. The first-order valence-corrected chi connectivity index (χ1v) is 19.3. The lowest BCUT2D eigenvalue weighted by atomic mass is 9.83. The van der Waals surface area contributed by atoms with Crippen LogP contribution in [0.3, 0.4) is 0 Å². The zero-order valence-corrected chi connectivity index (χ0v) is 27.0. The van der Waals surface area contributed by atoms with Gasteiger partial charge in [0.25, 0.3) is 0 Å². The van der Waals surface area contributed by atoms with Crippen LogP contribution in [0.4, 0.5) is 0 Å². The average Bonchev–Trinajstić information content (AvgIpc) is 3.04. The van der Waals surface area contributed by atoms with E-state index in [2.05, 4.69) is 14.7 Å². The molecule has 6 aliphatic carbocycles. The highest BCUT2D eigenvalue weighted by Gasteiger charge is 2.58. The third-order valence-electron chi connectivity index (χ3n) is 12.8. The maximum Gasteiger partial charge on any atom is 0.242 e. The fraction of sp³-hybridized carbons (Fsp3) is 1.00. The van der Waals surface area contributed by atoms with Crippen LogP contribution in [0.2, 0.25) is 0 Å². The molecule has 0 aliphatic heterocycles. The molecule has 0 aromatic heterocycles. The third-order valence-corrected chi connectivity index (χ3v) is 12.8. The minimum absolute atomic E-state index is 0.557. The molecule has 0 amide bonds. The SMILES string of the molecule is OC(N(C1CCCCC1)C1CCCCC1)(N(C1CCCCC1)C1CCCCC1)N(C1CCCCC1)C1CCCCC1. The van der Waals surface area contributed by atoms with Crippen molar-refractivity contribution in [2.75, 3.05) is 0 Å². The Hall–Kier alpha value is -0.160. The Morgan fingerprint density at radius 2 is 0.415 bits per heavy atom. The van der Waals surface area contributed by atoms with Crippen LogP contribution in [-0.2, 0) is 0 Å². The molecule has 0 aromatic rings. The summed E-state index contributed by atoms with van der Waals surface area (Å²) in [7, 11) is 0. The van der Waals surface area contributed by atoms with E-state index >= 15 is 0 Å². The molecule has 0 bridgehead atoms. The van der Waals surface area contributed by atoms with Crippen molar-refractivity contribution in [2.24, 2.45) is 0 Å². The predicted octanol–water partition coefficient (Wildman–Crippen LogP) is 9.49. The van der Waals surface area contributed by atoms with E-state index in [-0.39, 0.29) is 0 Å². The Bertz CT molecular complexity index is 585. The number of rotatable bonds is 9. The summed E-state index contributed by atoms with van der Waals surface area (Å²) in [6, 6.07) is 3.34. The van der Waals surface area contributed by atoms with Gasteiger partial charge in [-0.1, -0.05) is 116 Å². The van der Waals surface area contributed by atoms with Gasteiger partial charge in [-0.2, -0.15) is 0 Å². The minimum Gasteiger partial charge on any atom is -0.350 e. The molecular formula is C37H67N3O. The van der Waals surface area contributed by atoms with E-state index in [1.165, 1.54) is 193 Å². The second kappa shape index (κ2) is 15.2. The molecule has 4 nitrogen and oxygen atoms in total. The molecular weight excluding hydrogens is 502 g/mol. The van der Waals surface area contributed by atoms with Gasteiger partial charge in [0, 0.05) is 36.3 Å². The average molecular weight is 570 g/mol. The van der Waals surface area contributed by atoms with E-state index in [9.17, 15) is 5.11 Å². The van der Waals surface area contributed by atoms with Gasteiger partial charge in [0.2, 0.25) is 5.97 Å². The maximum atomic E-state index is 14.5. The smallest absolute Gasteiger partial charge is 0.242 e. The van der Waals surface area contributed by atoms with Gasteiger partial charge in [-0.3, -0.25) is 0 Å². The van der Waals surface area contributed by atoms with Crippen LogP contribution in [0.5, 0.6) is 0 Å². The summed E-state index contributed by atoms with van der Waals surface area (Å²) in [5.41, 5.74) is 0. The highest BCUT2D eigenvalue weighted by molar-refractivity contribution is 5.02. The van der Waals surface area contributed by atoms with Gasteiger partial charge >= 0.3 is 0 Å². The quantitative estimate of drug-likeness (QED) is 0.280. The standard InChI is InChI=1S/C37H67N3O/c41-37(38(31-19-7-1-8-20-31)32-21-9-2-10-22-32,39(33-23-11-3-12-24-33)34-25-13-4-14-26-34)40(35-27-15-5-16-28-35)36-29-17-6-18-30-36/h31-36,41H,1-30H2. The Morgan fingerprint density at radius 1 is 0.268 bits per heavy atom. The van der Waals surface area contributed by atoms with E-state index in [0.717, 1.165) is 0 Å². The fourth-order valence-electron chi connectivity index (χ4n) is 10.9. The first-order valence-electron chi connectivity index (χ1n) is 19.3. The monoisotopic (exact) mass is 570 g/mol. The second-order valence-electron chi connectivity index (χ2n) is 15.6. The van der Waals surface area contributed by atoms with Gasteiger partial charge in [-0.15, -0.1) is 0 Å². The van der Waals surface area contributed by atoms with Gasteiger partial charge < -0.3 is 5.11 Å². The van der Waals surface area contributed by atoms with E-state index in [0.29, 0.717) is 36.3 Å². The van der Waals surface area contributed by atoms with E-state index in [1.807, 2.05) is 0 Å². The van der Waals surface area contributed by atoms with Crippen molar-refractivity contribution in [2.45, 2.75) is 235 Å². The minimum atomic E-state index is -0.905. The molecule has 0 heterocycles. The molecule has 6 saturated carbocycles. The summed E-state index contributed by atoms with van der Waals surface area (Å²) >= 11 is 0. The van der Waals surface area contributed by atoms with Crippen molar-refractivity contribution < 1.29 is 5.11 Å². The Morgan fingerprint density at radius 3 is 0.561 bits per heavy atom. The normalized spacial score (nSPS) is 28.7. The van der Waals surface area contributed by atoms with E-state index in [4.69, 9.17) is 0 Å². The molecule has 0 unspecified atom stereocenters. The largest absolute Gasteiger partial charge is 0.350 e. The highest BCUT2D eigenvalue weighted by Crippen LogP contribution is 2.47. The molecule has 41 heavy (non-hydrogen) atoms. The molecule has 236 valence electrons. The van der Waals surface area contributed by atoms with Gasteiger partial charge in [0.15, 0.2) is 0 Å². The van der Waals surface area contributed by atoms with Gasteiger partial charge in [-0.05, 0) is 77.0 Å². The van der Waals surface area contributed by atoms with Gasteiger partial charge in [-0.25, -0.2) is 14.7 Å². The fourth-order valence-corrected chi connectivity index (χ4v) is 10.9. The van der Waals surface area contributed by atoms with Crippen LogP contribution < -0.4 is 0 Å². The molecule has 1 N–H and O–H groups in total. The van der Waals surface area contributed by atoms with Crippen LogP contribution in [0, 0.1) is 0 Å². The highest BCUT2D eigenvalue weighted by atomic mass is 16.4. The first-order chi connectivity index (χ1) is 20.3. The zero-order valence-electron chi connectivity index (χ0n) is 27.0. The zero-order chi connectivity index (χ0) is 27.9. The lowest BCUT2D eigenvalue weighted by molar-refractivity contribution is -0.367. The van der Waals surface area contributed by atoms with Crippen LogP contribution >= 0.6 is 0 Å². The predicted molar refractivity (Wildman–Crippen MR) is 172 cm³/mol. The molecule has 0 atom stereocenters. The van der Waals surface area contributed by atoms with E-state index < -0.39 is 5.97 Å². The molecule has 0 spiro atoms. The number of nitrogens with zero attached hydrogens (tertiary/aromatic N) is 3. The van der Waals surface area contributed by atoms with Crippen molar-refractivity contribution in [3.63, 3.8) is 0 Å². The topological polar surface area (TPSA) is 30.0 Å². The Labute approximate surface area is 254 Å². The molecule has 6 fully saturated rings. The number of hydrogen-bond donors (Lipinski definition) is 1. The number of hydrogen-bond acceptors (Lipinski definition) is 4. The van der Waals surface area contributed by atoms with Crippen LogP contribution in [-0.4, -0.2) is 62.0 Å². The molecule has 0 radical (unpaired) electrons. The van der Waals surface area contributed by atoms with Crippen molar-refractivity contribution in [1.82, 2.24) is 14.7 Å². The summed E-state index contributed by atoms with van der Waals surface area (Å²) in [5, 5.41) is 14.5. The molecule has 0 aromatic carbocycles. The third kappa shape index (κ3) is 7.07. The van der Waals surface area contributed by atoms with Crippen molar-refractivity contribution in [1.29, 1.82) is 0 Å². The molecule has 6 rings (SSSR count). The number of aliphatic hydroxyl groups is 1. The summed E-state index contributed by atoms with van der Waals surface area (Å²) in [6.45, 7) is 0.